The molecule has 0 radical (unpaired) electrons. The maximum Gasteiger partial charge on any atom is 0.246 e. The second-order valence-electron chi connectivity index (χ2n) is 5.38. The molecule has 0 aliphatic heterocycles. The fraction of sp³-hybridized carbons (Fsp3) is 0.105. The van der Waals surface area contributed by atoms with Crippen molar-refractivity contribution in [3.8, 4) is 22.1 Å². The maximum absolute atomic E-state index is 12.0. The van der Waals surface area contributed by atoms with E-state index >= 15 is 0 Å². The highest BCUT2D eigenvalue weighted by Gasteiger charge is 2.09. The van der Waals surface area contributed by atoms with E-state index in [4.69, 9.17) is 4.74 Å². The molecule has 3 aromatic rings. The number of nitrogens with zero attached hydrogens (tertiary/aromatic N) is 2. The molecule has 0 spiro atoms. The molecular formula is C19H17N3O3S. The van der Waals surface area contributed by atoms with Crippen LogP contribution in [0, 0.1) is 0 Å². The standard InChI is InChI=1S/C19H17N3O3S/c1-25-16-9-5-8-14(18(16)24)11-20-22-17(23)10-15-12-26-19(21-15)13-6-3-2-4-7-13/h2-9,11-12,24H,10H2,1H3,(H,22,23). The molecule has 0 saturated heterocycles. The molecule has 1 heterocycles. The average molecular weight is 367 g/mol. The van der Waals surface area contributed by atoms with Gasteiger partial charge in [-0.15, -0.1) is 11.3 Å². The number of para-hydroxylation sites is 1. The molecule has 3 rings (SSSR count). The Labute approximate surface area is 154 Å². The van der Waals surface area contributed by atoms with Crippen molar-refractivity contribution in [2.24, 2.45) is 5.10 Å². The molecule has 0 fully saturated rings. The minimum absolute atomic E-state index is 0.0278. The first-order valence-corrected chi connectivity index (χ1v) is 8.73. The number of phenolic OH excluding ortho intramolecular Hbond substituents is 1. The van der Waals surface area contributed by atoms with Crippen LogP contribution in [0.25, 0.3) is 10.6 Å². The van der Waals surface area contributed by atoms with E-state index in [1.54, 1.807) is 18.2 Å². The van der Waals surface area contributed by atoms with E-state index < -0.39 is 0 Å². The molecule has 26 heavy (non-hydrogen) atoms. The van der Waals surface area contributed by atoms with Crippen LogP contribution in [0.15, 0.2) is 59.0 Å². The molecule has 2 N–H and O–H groups in total. The number of rotatable bonds is 6. The molecule has 2 aromatic carbocycles. The number of phenols is 1. The summed E-state index contributed by atoms with van der Waals surface area (Å²) in [5.74, 6) is 0.0322. The zero-order valence-corrected chi connectivity index (χ0v) is 14.9. The highest BCUT2D eigenvalue weighted by atomic mass is 32.1. The normalized spacial score (nSPS) is 10.8. The zero-order valence-electron chi connectivity index (χ0n) is 14.0. The third kappa shape index (κ3) is 4.25. The Morgan fingerprint density at radius 3 is 2.85 bits per heavy atom. The second-order valence-corrected chi connectivity index (χ2v) is 6.24. The quantitative estimate of drug-likeness (QED) is 0.518. The molecule has 6 nitrogen and oxygen atoms in total. The fourth-order valence-corrected chi connectivity index (χ4v) is 3.11. The van der Waals surface area contributed by atoms with Gasteiger partial charge in [-0.3, -0.25) is 4.79 Å². The zero-order chi connectivity index (χ0) is 18.4. The van der Waals surface area contributed by atoms with Gasteiger partial charge in [0.25, 0.3) is 0 Å². The molecule has 132 valence electrons. The van der Waals surface area contributed by atoms with Gasteiger partial charge in [0.2, 0.25) is 5.91 Å². The van der Waals surface area contributed by atoms with Crippen LogP contribution in [0.5, 0.6) is 11.5 Å². The minimum atomic E-state index is -0.284. The number of thiazole rings is 1. The second kappa shape index (κ2) is 8.26. The molecule has 1 amide bonds. The van der Waals surface area contributed by atoms with E-state index in [1.807, 2.05) is 35.7 Å². The summed E-state index contributed by atoms with van der Waals surface area (Å²) in [5.41, 5.74) is 4.60. The monoisotopic (exact) mass is 367 g/mol. The largest absolute Gasteiger partial charge is 0.504 e. The van der Waals surface area contributed by atoms with E-state index in [1.165, 1.54) is 24.7 Å². The van der Waals surface area contributed by atoms with Gasteiger partial charge < -0.3 is 9.84 Å². The smallest absolute Gasteiger partial charge is 0.246 e. The van der Waals surface area contributed by atoms with Crippen molar-refractivity contribution in [3.05, 3.63) is 65.2 Å². The van der Waals surface area contributed by atoms with Gasteiger partial charge in [-0.1, -0.05) is 36.4 Å². The predicted molar refractivity (Wildman–Crippen MR) is 102 cm³/mol. The molecular weight excluding hydrogens is 350 g/mol. The SMILES string of the molecule is COc1cccc(C=NNC(=O)Cc2csc(-c3ccccc3)n2)c1O. The number of ether oxygens (including phenoxy) is 1. The lowest BCUT2D eigenvalue weighted by Crippen LogP contribution is -2.19. The Morgan fingerprint density at radius 2 is 2.08 bits per heavy atom. The Balaban J connectivity index is 1.59. The van der Waals surface area contributed by atoms with Gasteiger partial charge in [-0.05, 0) is 12.1 Å². The van der Waals surface area contributed by atoms with Gasteiger partial charge >= 0.3 is 0 Å². The molecule has 0 aliphatic carbocycles. The Bertz CT molecular complexity index is 923. The number of carbonyl (C=O) groups is 1. The number of benzene rings is 2. The van der Waals surface area contributed by atoms with Crippen LogP contribution < -0.4 is 10.2 Å². The first-order chi connectivity index (χ1) is 12.7. The van der Waals surface area contributed by atoms with Crippen molar-refractivity contribution in [2.45, 2.75) is 6.42 Å². The van der Waals surface area contributed by atoms with Gasteiger partial charge in [0.05, 0.1) is 25.4 Å². The number of nitrogens with one attached hydrogen (secondary N) is 1. The number of hydrogen-bond donors (Lipinski definition) is 2. The summed E-state index contributed by atoms with van der Waals surface area (Å²) in [5, 5.41) is 16.6. The summed E-state index contributed by atoms with van der Waals surface area (Å²) in [6, 6.07) is 14.8. The van der Waals surface area contributed by atoms with E-state index in [9.17, 15) is 9.90 Å². The van der Waals surface area contributed by atoms with Crippen molar-refractivity contribution in [1.82, 2.24) is 10.4 Å². The highest BCUT2D eigenvalue weighted by molar-refractivity contribution is 7.13. The van der Waals surface area contributed by atoms with Crippen LogP contribution in [-0.2, 0) is 11.2 Å². The lowest BCUT2D eigenvalue weighted by molar-refractivity contribution is -0.120. The fourth-order valence-electron chi connectivity index (χ4n) is 2.29. The van der Waals surface area contributed by atoms with E-state index in [0.29, 0.717) is 17.0 Å². The molecule has 0 aliphatic rings. The Kier molecular flexibility index (Phi) is 5.60. The van der Waals surface area contributed by atoms with Gasteiger partial charge in [0, 0.05) is 16.5 Å². The molecule has 0 unspecified atom stereocenters. The van der Waals surface area contributed by atoms with E-state index in [0.717, 1.165) is 10.6 Å². The molecule has 0 saturated carbocycles. The number of hydrogen-bond acceptors (Lipinski definition) is 6. The van der Waals surface area contributed by atoms with Crippen molar-refractivity contribution in [1.29, 1.82) is 0 Å². The lowest BCUT2D eigenvalue weighted by Gasteiger charge is -2.04. The summed E-state index contributed by atoms with van der Waals surface area (Å²) in [4.78, 5) is 16.5. The Morgan fingerprint density at radius 1 is 1.27 bits per heavy atom. The van der Waals surface area contributed by atoms with E-state index in [2.05, 4.69) is 15.5 Å². The number of hydrazone groups is 1. The first kappa shape index (κ1) is 17.6. The number of carbonyl (C=O) groups excluding carboxylic acids is 1. The van der Waals surface area contributed by atoms with Crippen LogP contribution in [0.4, 0.5) is 0 Å². The summed E-state index contributed by atoms with van der Waals surface area (Å²) in [7, 11) is 1.47. The first-order valence-electron chi connectivity index (χ1n) is 7.85. The van der Waals surface area contributed by atoms with Crippen molar-refractivity contribution in [2.75, 3.05) is 7.11 Å². The summed E-state index contributed by atoms with van der Waals surface area (Å²) in [6.07, 6.45) is 1.50. The molecule has 0 atom stereocenters. The predicted octanol–water partition coefficient (Wildman–Crippen LogP) is 3.22. The van der Waals surface area contributed by atoms with Crippen molar-refractivity contribution < 1.29 is 14.6 Å². The average Bonchev–Trinajstić information content (AvgIpc) is 3.12. The number of amides is 1. The molecule has 7 heteroatoms. The third-order valence-corrected chi connectivity index (χ3v) is 4.50. The van der Waals surface area contributed by atoms with Gasteiger partial charge in [0.15, 0.2) is 11.5 Å². The summed E-state index contributed by atoms with van der Waals surface area (Å²) < 4.78 is 5.02. The molecule has 0 bridgehead atoms. The van der Waals surface area contributed by atoms with Gasteiger partial charge in [0.1, 0.15) is 5.01 Å². The van der Waals surface area contributed by atoms with E-state index in [-0.39, 0.29) is 18.1 Å². The Hall–Kier alpha value is -3.19. The van der Waals surface area contributed by atoms with Crippen LogP contribution >= 0.6 is 11.3 Å². The highest BCUT2D eigenvalue weighted by Crippen LogP contribution is 2.28. The summed E-state index contributed by atoms with van der Waals surface area (Å²) >= 11 is 1.49. The van der Waals surface area contributed by atoms with Crippen molar-refractivity contribution in [3.63, 3.8) is 0 Å². The lowest BCUT2D eigenvalue weighted by atomic mass is 10.2. The number of methoxy groups -OCH3 is 1. The maximum atomic E-state index is 12.0. The summed E-state index contributed by atoms with van der Waals surface area (Å²) in [6.45, 7) is 0. The van der Waals surface area contributed by atoms with Gasteiger partial charge in [-0.2, -0.15) is 5.10 Å². The van der Waals surface area contributed by atoms with Crippen LogP contribution in [0.1, 0.15) is 11.3 Å². The van der Waals surface area contributed by atoms with Crippen LogP contribution in [-0.4, -0.2) is 29.3 Å². The number of aromatic hydroxyl groups is 1. The van der Waals surface area contributed by atoms with Gasteiger partial charge in [-0.25, -0.2) is 10.4 Å². The van der Waals surface area contributed by atoms with Crippen LogP contribution in [0.3, 0.4) is 0 Å². The molecule has 1 aromatic heterocycles. The van der Waals surface area contributed by atoms with Crippen molar-refractivity contribution >= 4 is 23.5 Å². The third-order valence-electron chi connectivity index (χ3n) is 3.56. The minimum Gasteiger partial charge on any atom is -0.504 e. The van der Waals surface area contributed by atoms with Crippen LogP contribution in [0.2, 0.25) is 0 Å². The number of aromatic nitrogens is 1. The topological polar surface area (TPSA) is 83.8 Å².